The predicted molar refractivity (Wildman–Crippen MR) is 134 cm³/mol. The molecule has 0 unspecified atom stereocenters. The number of carboxylic acids is 1. The average molecular weight is 497 g/mol. The Morgan fingerprint density at radius 2 is 1.74 bits per heavy atom. The Morgan fingerprint density at radius 1 is 1.09 bits per heavy atom. The molecule has 0 aromatic heterocycles. The molecule has 0 radical (unpaired) electrons. The van der Waals surface area contributed by atoms with Gasteiger partial charge in [-0.15, -0.1) is 0 Å². The molecule has 1 saturated heterocycles. The molecule has 1 heterocycles. The molecule has 0 aliphatic carbocycles. The number of amides is 1. The lowest BCUT2D eigenvalue weighted by atomic mass is 9.68. The van der Waals surface area contributed by atoms with E-state index < -0.39 is 5.97 Å². The van der Waals surface area contributed by atoms with Gasteiger partial charge in [0.2, 0.25) is 5.91 Å². The molecule has 0 saturated carbocycles. The molecule has 3 atom stereocenters. The van der Waals surface area contributed by atoms with Crippen LogP contribution in [0.5, 0.6) is 5.75 Å². The van der Waals surface area contributed by atoms with Gasteiger partial charge in [0, 0.05) is 13.1 Å². The Morgan fingerprint density at radius 3 is 2.31 bits per heavy atom. The summed E-state index contributed by atoms with van der Waals surface area (Å²) in [7, 11) is 0. The number of phenolic OH excluding ortho intramolecular Hbond substituents is 1. The number of hydrogen-bond donors (Lipinski definition) is 3. The Hall–Kier alpha value is -3.02. The molecule has 1 aliphatic rings. The minimum absolute atomic E-state index is 0. The summed E-state index contributed by atoms with van der Waals surface area (Å²) in [6.45, 7) is 6.35. The zero-order valence-electron chi connectivity index (χ0n) is 20.3. The number of nitrogens with zero attached hydrogens (tertiary/aromatic N) is 1. The zero-order chi connectivity index (χ0) is 22.4. The summed E-state index contributed by atoms with van der Waals surface area (Å²) in [4.78, 5) is 26.0. The highest BCUT2D eigenvalue weighted by atomic mass is 16.4. The Labute approximate surface area is 205 Å². The zero-order valence-corrected chi connectivity index (χ0v) is 20.3. The van der Waals surface area contributed by atoms with Crippen molar-refractivity contribution in [2.24, 2.45) is 11.8 Å². The Kier molecular flexibility index (Phi) is 14.7. The maximum Gasteiger partial charge on any atom is 0.322 e. The van der Waals surface area contributed by atoms with E-state index in [1.165, 1.54) is 0 Å². The monoisotopic (exact) mass is 496 g/mol. The molecule has 0 spiro atoms. The number of aliphatic carboxylic acids is 1. The highest BCUT2D eigenvalue weighted by Crippen LogP contribution is 2.40. The first-order valence-corrected chi connectivity index (χ1v) is 10.8. The SMILES string of the molecule is C[C@H]1CN(C[C@H](Cc2ccccc2)C(=O)NCC(=O)O)CC[C@@]1(C)c1cccc(O)c1.O.O.O.O. The average Bonchev–Trinajstić information content (AvgIpc) is 2.75. The van der Waals surface area contributed by atoms with E-state index in [0.717, 1.165) is 30.6 Å². The van der Waals surface area contributed by atoms with E-state index in [4.69, 9.17) is 5.11 Å². The van der Waals surface area contributed by atoms with Gasteiger partial charge < -0.3 is 42.3 Å². The lowest BCUT2D eigenvalue weighted by Gasteiger charge is -2.45. The van der Waals surface area contributed by atoms with E-state index in [1.807, 2.05) is 42.5 Å². The third kappa shape index (κ3) is 8.93. The molecular weight excluding hydrogens is 456 g/mol. The minimum atomic E-state index is -1.04. The third-order valence-corrected chi connectivity index (χ3v) is 6.66. The van der Waals surface area contributed by atoms with Crippen LogP contribution in [0.15, 0.2) is 54.6 Å². The second-order valence-corrected chi connectivity index (χ2v) is 8.88. The number of nitrogens with one attached hydrogen (secondary N) is 1. The van der Waals surface area contributed by atoms with Crippen molar-refractivity contribution >= 4 is 11.9 Å². The molecule has 35 heavy (non-hydrogen) atoms. The molecule has 0 bridgehead atoms. The first-order valence-electron chi connectivity index (χ1n) is 10.8. The summed E-state index contributed by atoms with van der Waals surface area (Å²) < 4.78 is 0. The number of benzene rings is 2. The molecule has 198 valence electrons. The normalized spacial score (nSPS) is 20.0. The van der Waals surface area contributed by atoms with Crippen LogP contribution in [0.2, 0.25) is 0 Å². The van der Waals surface area contributed by atoms with Crippen molar-refractivity contribution in [1.82, 2.24) is 10.2 Å². The van der Waals surface area contributed by atoms with Gasteiger partial charge in [0.05, 0.1) is 5.92 Å². The van der Waals surface area contributed by atoms with Crippen LogP contribution in [0.3, 0.4) is 0 Å². The van der Waals surface area contributed by atoms with Crippen molar-refractivity contribution < 1.29 is 41.7 Å². The Bertz CT molecular complexity index is 911. The standard InChI is InChI=1S/C25H32N2O4.4H2O/c1-18-16-27(12-11-25(18,2)21-9-6-10-22(28)14-21)17-20(24(31)26-15-23(29)30)13-19-7-4-3-5-8-19;;;;/h3-10,14,18,20,28H,11-13,15-17H2,1-2H3,(H,26,31)(H,29,30);4*1H2/t18-,20-,25+;;;;/m0..../s1. The summed E-state index contributed by atoms with van der Waals surface area (Å²) in [6.07, 6.45) is 1.49. The van der Waals surface area contributed by atoms with Crippen LogP contribution in [0.25, 0.3) is 0 Å². The fourth-order valence-electron chi connectivity index (χ4n) is 4.53. The van der Waals surface area contributed by atoms with Crippen molar-refractivity contribution in [1.29, 1.82) is 0 Å². The fraction of sp³-hybridized carbons (Fsp3) is 0.440. The number of carboxylic acid groups (broad SMARTS) is 1. The van der Waals surface area contributed by atoms with E-state index in [2.05, 4.69) is 30.1 Å². The molecule has 1 fully saturated rings. The third-order valence-electron chi connectivity index (χ3n) is 6.66. The number of aromatic hydroxyl groups is 1. The van der Waals surface area contributed by atoms with Gasteiger partial charge in [0.25, 0.3) is 0 Å². The minimum Gasteiger partial charge on any atom is -0.508 e. The topological polar surface area (TPSA) is 216 Å². The summed E-state index contributed by atoms with van der Waals surface area (Å²) in [5.41, 5.74) is 2.16. The fourth-order valence-corrected chi connectivity index (χ4v) is 4.53. The van der Waals surface area contributed by atoms with Crippen LogP contribution >= 0.6 is 0 Å². The number of likely N-dealkylation sites (tertiary alicyclic amines) is 1. The van der Waals surface area contributed by atoms with Crippen molar-refractivity contribution in [3.8, 4) is 5.75 Å². The van der Waals surface area contributed by atoms with Crippen LogP contribution in [-0.4, -0.2) is 75.1 Å². The van der Waals surface area contributed by atoms with Gasteiger partial charge in [0.1, 0.15) is 12.3 Å². The van der Waals surface area contributed by atoms with Crippen LogP contribution < -0.4 is 5.32 Å². The van der Waals surface area contributed by atoms with Crippen molar-refractivity contribution in [3.63, 3.8) is 0 Å². The van der Waals surface area contributed by atoms with Crippen molar-refractivity contribution in [3.05, 3.63) is 65.7 Å². The summed E-state index contributed by atoms with van der Waals surface area (Å²) in [5, 5.41) is 21.4. The summed E-state index contributed by atoms with van der Waals surface area (Å²) >= 11 is 0. The highest BCUT2D eigenvalue weighted by Gasteiger charge is 2.39. The van der Waals surface area contributed by atoms with E-state index in [9.17, 15) is 14.7 Å². The second kappa shape index (κ2) is 15.1. The number of rotatable bonds is 8. The van der Waals surface area contributed by atoms with Gasteiger partial charge in [-0.05, 0) is 54.0 Å². The maximum absolute atomic E-state index is 12.8. The van der Waals surface area contributed by atoms with Gasteiger partial charge in [-0.2, -0.15) is 0 Å². The number of piperidine rings is 1. The van der Waals surface area contributed by atoms with Crippen LogP contribution in [0, 0.1) is 11.8 Å². The van der Waals surface area contributed by atoms with Gasteiger partial charge >= 0.3 is 5.97 Å². The van der Waals surface area contributed by atoms with Gasteiger partial charge in [-0.3, -0.25) is 9.59 Å². The van der Waals surface area contributed by atoms with E-state index >= 15 is 0 Å². The maximum atomic E-state index is 12.8. The largest absolute Gasteiger partial charge is 0.508 e. The Balaban J connectivity index is 0. The number of hydrogen-bond acceptors (Lipinski definition) is 4. The molecule has 10 heteroatoms. The number of phenols is 1. The van der Waals surface area contributed by atoms with E-state index in [0.29, 0.717) is 18.9 Å². The first kappa shape index (κ1) is 34.1. The predicted octanol–water partition coefficient (Wildman–Crippen LogP) is -0.247. The highest BCUT2D eigenvalue weighted by molar-refractivity contribution is 5.83. The lowest BCUT2D eigenvalue weighted by molar-refractivity contribution is -0.138. The van der Waals surface area contributed by atoms with Crippen LogP contribution in [0.1, 0.15) is 31.4 Å². The molecular formula is C25H40N2O8. The molecule has 2 aromatic carbocycles. The van der Waals surface area contributed by atoms with Gasteiger partial charge in [-0.25, -0.2) is 0 Å². The summed E-state index contributed by atoms with van der Waals surface area (Å²) in [6, 6.07) is 17.3. The lowest BCUT2D eigenvalue weighted by Crippen LogP contribution is -2.50. The molecule has 2 aromatic rings. The number of carbonyl (C=O) groups excluding carboxylic acids is 1. The van der Waals surface area contributed by atoms with Gasteiger partial charge in [-0.1, -0.05) is 56.3 Å². The molecule has 3 rings (SSSR count). The van der Waals surface area contributed by atoms with Crippen LogP contribution in [-0.2, 0) is 21.4 Å². The molecule has 10 nitrogen and oxygen atoms in total. The first-order chi connectivity index (χ1) is 14.8. The molecule has 1 amide bonds. The molecule has 11 N–H and O–H groups in total. The summed E-state index contributed by atoms with van der Waals surface area (Å²) in [5.74, 6) is -0.964. The van der Waals surface area contributed by atoms with Crippen LogP contribution in [0.4, 0.5) is 0 Å². The molecule has 1 aliphatic heterocycles. The smallest absolute Gasteiger partial charge is 0.322 e. The van der Waals surface area contributed by atoms with E-state index in [-0.39, 0.29) is 51.4 Å². The van der Waals surface area contributed by atoms with E-state index in [1.54, 1.807) is 6.07 Å². The van der Waals surface area contributed by atoms with Crippen molar-refractivity contribution in [2.45, 2.75) is 32.1 Å². The quantitative estimate of drug-likeness (QED) is 0.449. The van der Waals surface area contributed by atoms with Crippen molar-refractivity contribution in [2.75, 3.05) is 26.2 Å². The van der Waals surface area contributed by atoms with Gasteiger partial charge in [0.15, 0.2) is 0 Å². The second-order valence-electron chi connectivity index (χ2n) is 8.88. The number of carbonyl (C=O) groups is 2.